The van der Waals surface area contributed by atoms with Crippen molar-refractivity contribution in [2.75, 3.05) is 38.3 Å². The fourth-order valence-electron chi connectivity index (χ4n) is 2.70. The Hall–Kier alpha value is -1.06. The van der Waals surface area contributed by atoms with E-state index in [9.17, 15) is 0 Å². The van der Waals surface area contributed by atoms with Crippen LogP contribution >= 0.6 is 0 Å². The quantitative estimate of drug-likeness (QED) is 0.864. The van der Waals surface area contributed by atoms with Crippen molar-refractivity contribution in [2.45, 2.75) is 19.4 Å². The minimum Gasteiger partial charge on any atom is -0.381 e. The van der Waals surface area contributed by atoms with Crippen LogP contribution in [0.5, 0.6) is 0 Å². The number of para-hydroxylation sites is 1. The first-order valence-electron chi connectivity index (χ1n) is 6.90. The zero-order valence-corrected chi connectivity index (χ0v) is 11.4. The molecule has 2 atom stereocenters. The zero-order chi connectivity index (χ0) is 12.8. The van der Waals surface area contributed by atoms with E-state index in [1.807, 2.05) is 0 Å². The van der Waals surface area contributed by atoms with Gasteiger partial charge < -0.3 is 15.0 Å². The number of anilines is 1. The smallest absolute Gasteiger partial charge is 0.0526 e. The molecular weight excluding hydrogens is 224 g/mol. The first-order chi connectivity index (χ1) is 8.85. The summed E-state index contributed by atoms with van der Waals surface area (Å²) in [5.74, 6) is 0.573. The number of nitrogens with zero attached hydrogens (tertiary/aromatic N) is 1. The second kappa shape index (κ2) is 6.76. The number of hydrogen-bond donors (Lipinski definition) is 1. The van der Waals surface area contributed by atoms with E-state index in [0.717, 1.165) is 32.7 Å². The van der Waals surface area contributed by atoms with Gasteiger partial charge in [-0.05, 0) is 32.5 Å². The largest absolute Gasteiger partial charge is 0.381 e. The van der Waals surface area contributed by atoms with Gasteiger partial charge in [0, 0.05) is 37.3 Å². The molecule has 0 aliphatic carbocycles. The summed E-state index contributed by atoms with van der Waals surface area (Å²) in [6, 6.07) is 11.2. The molecule has 3 nitrogen and oxygen atoms in total. The van der Waals surface area contributed by atoms with Gasteiger partial charge in [-0.3, -0.25) is 0 Å². The lowest BCUT2D eigenvalue weighted by atomic mass is 9.95. The Morgan fingerprint density at radius 3 is 2.78 bits per heavy atom. The summed E-state index contributed by atoms with van der Waals surface area (Å²) >= 11 is 0. The summed E-state index contributed by atoms with van der Waals surface area (Å²) in [6.45, 7) is 6.07. The summed E-state index contributed by atoms with van der Waals surface area (Å²) in [5, 5.41) is 3.43. The number of benzene rings is 1. The SMILES string of the molecule is CCN(CC1COCCC1NC)c1ccccc1. The average molecular weight is 248 g/mol. The predicted molar refractivity (Wildman–Crippen MR) is 76.1 cm³/mol. The Kier molecular flexibility index (Phi) is 5.02. The third-order valence-corrected chi connectivity index (χ3v) is 3.80. The minimum atomic E-state index is 0.573. The highest BCUT2D eigenvalue weighted by Crippen LogP contribution is 2.20. The van der Waals surface area contributed by atoms with Gasteiger partial charge in [-0.1, -0.05) is 18.2 Å². The fraction of sp³-hybridized carbons (Fsp3) is 0.600. The number of nitrogens with one attached hydrogen (secondary N) is 1. The summed E-state index contributed by atoms with van der Waals surface area (Å²) in [6.07, 6.45) is 1.12. The molecule has 0 saturated carbocycles. The van der Waals surface area contributed by atoms with Crippen LogP contribution in [0, 0.1) is 5.92 Å². The summed E-state index contributed by atoms with van der Waals surface area (Å²) in [5.41, 5.74) is 1.31. The molecule has 3 heteroatoms. The standard InChI is InChI=1S/C15H24N2O/c1-3-17(14-7-5-4-6-8-14)11-13-12-18-10-9-15(13)16-2/h4-8,13,15-16H,3,9-12H2,1-2H3. The van der Waals surface area contributed by atoms with E-state index in [0.29, 0.717) is 12.0 Å². The summed E-state index contributed by atoms with van der Waals surface area (Å²) in [7, 11) is 2.06. The van der Waals surface area contributed by atoms with Gasteiger partial charge in [-0.2, -0.15) is 0 Å². The molecule has 1 aromatic carbocycles. The maximum absolute atomic E-state index is 5.63. The normalized spacial score (nSPS) is 23.9. The maximum Gasteiger partial charge on any atom is 0.0526 e. The van der Waals surface area contributed by atoms with Crippen LogP contribution in [-0.4, -0.2) is 39.4 Å². The molecule has 18 heavy (non-hydrogen) atoms. The first-order valence-corrected chi connectivity index (χ1v) is 6.90. The van der Waals surface area contributed by atoms with Gasteiger partial charge in [-0.15, -0.1) is 0 Å². The van der Waals surface area contributed by atoms with E-state index in [1.165, 1.54) is 5.69 Å². The Morgan fingerprint density at radius 2 is 2.11 bits per heavy atom. The summed E-state index contributed by atoms with van der Waals surface area (Å²) < 4.78 is 5.63. The van der Waals surface area contributed by atoms with Crippen molar-refractivity contribution >= 4 is 5.69 Å². The average Bonchev–Trinajstić information content (AvgIpc) is 2.46. The molecule has 1 aromatic rings. The van der Waals surface area contributed by atoms with Gasteiger partial charge in [0.1, 0.15) is 0 Å². The highest BCUT2D eigenvalue weighted by molar-refractivity contribution is 5.45. The molecule has 0 aromatic heterocycles. The maximum atomic E-state index is 5.63. The molecule has 1 heterocycles. The molecule has 100 valence electrons. The molecule has 2 unspecified atom stereocenters. The van der Waals surface area contributed by atoms with Crippen LogP contribution in [-0.2, 0) is 4.74 Å². The Morgan fingerprint density at radius 1 is 1.33 bits per heavy atom. The topological polar surface area (TPSA) is 24.5 Å². The lowest BCUT2D eigenvalue weighted by molar-refractivity contribution is 0.0368. The van der Waals surface area contributed by atoms with Crippen LogP contribution in [0.4, 0.5) is 5.69 Å². The van der Waals surface area contributed by atoms with Crippen molar-refractivity contribution < 1.29 is 4.74 Å². The van der Waals surface area contributed by atoms with E-state index < -0.39 is 0 Å². The van der Waals surface area contributed by atoms with Crippen LogP contribution in [0.3, 0.4) is 0 Å². The van der Waals surface area contributed by atoms with Crippen LogP contribution in [0.2, 0.25) is 0 Å². The first kappa shape index (κ1) is 13.4. The van der Waals surface area contributed by atoms with Crippen molar-refractivity contribution in [1.29, 1.82) is 0 Å². The second-order valence-electron chi connectivity index (χ2n) is 4.89. The Bertz CT molecular complexity index is 342. The molecule has 0 amide bonds. The lowest BCUT2D eigenvalue weighted by Crippen LogP contribution is -2.46. The van der Waals surface area contributed by atoms with Crippen LogP contribution in [0.25, 0.3) is 0 Å². The third kappa shape index (κ3) is 3.24. The monoisotopic (exact) mass is 248 g/mol. The highest BCUT2D eigenvalue weighted by atomic mass is 16.5. The van der Waals surface area contributed by atoms with Gasteiger partial charge in [0.25, 0.3) is 0 Å². The molecule has 0 bridgehead atoms. The van der Waals surface area contributed by atoms with Crippen molar-refractivity contribution in [3.05, 3.63) is 30.3 Å². The van der Waals surface area contributed by atoms with Crippen LogP contribution in [0.1, 0.15) is 13.3 Å². The van der Waals surface area contributed by atoms with Gasteiger partial charge >= 0.3 is 0 Å². The Balaban J connectivity index is 2.01. The minimum absolute atomic E-state index is 0.573. The predicted octanol–water partition coefficient (Wildman–Crippen LogP) is 2.14. The van der Waals surface area contributed by atoms with Crippen molar-refractivity contribution in [3.63, 3.8) is 0 Å². The van der Waals surface area contributed by atoms with Crippen LogP contribution in [0.15, 0.2) is 30.3 Å². The molecule has 1 aliphatic heterocycles. The van der Waals surface area contributed by atoms with Gasteiger partial charge in [-0.25, -0.2) is 0 Å². The number of hydrogen-bond acceptors (Lipinski definition) is 3. The zero-order valence-electron chi connectivity index (χ0n) is 11.4. The Labute approximate surface area is 110 Å². The highest BCUT2D eigenvalue weighted by Gasteiger charge is 2.26. The second-order valence-corrected chi connectivity index (χ2v) is 4.89. The molecule has 0 spiro atoms. The number of ether oxygens (including phenoxy) is 1. The molecule has 1 saturated heterocycles. The van der Waals surface area contributed by atoms with E-state index in [4.69, 9.17) is 4.74 Å². The lowest BCUT2D eigenvalue weighted by Gasteiger charge is -2.36. The molecule has 0 radical (unpaired) electrons. The van der Waals surface area contributed by atoms with Gasteiger partial charge in [0.15, 0.2) is 0 Å². The van der Waals surface area contributed by atoms with Gasteiger partial charge in [0.05, 0.1) is 6.61 Å². The summed E-state index contributed by atoms with van der Waals surface area (Å²) in [4.78, 5) is 2.43. The van der Waals surface area contributed by atoms with Crippen molar-refractivity contribution in [1.82, 2.24) is 5.32 Å². The molecule has 1 N–H and O–H groups in total. The van der Waals surface area contributed by atoms with Crippen molar-refractivity contribution in [3.8, 4) is 0 Å². The van der Waals surface area contributed by atoms with Crippen LogP contribution < -0.4 is 10.2 Å². The number of rotatable bonds is 5. The molecule has 2 rings (SSSR count). The molecule has 1 aliphatic rings. The third-order valence-electron chi connectivity index (χ3n) is 3.80. The van der Waals surface area contributed by atoms with E-state index in [1.54, 1.807) is 0 Å². The van der Waals surface area contributed by atoms with E-state index in [2.05, 4.69) is 54.5 Å². The fourth-order valence-corrected chi connectivity index (χ4v) is 2.70. The van der Waals surface area contributed by atoms with E-state index in [-0.39, 0.29) is 0 Å². The van der Waals surface area contributed by atoms with E-state index >= 15 is 0 Å². The molecule has 1 fully saturated rings. The van der Waals surface area contributed by atoms with Gasteiger partial charge in [0.2, 0.25) is 0 Å². The van der Waals surface area contributed by atoms with Crippen molar-refractivity contribution in [2.24, 2.45) is 5.92 Å². The molecular formula is C15H24N2O.